The van der Waals surface area contributed by atoms with Crippen LogP contribution in [0.2, 0.25) is 0 Å². The molecule has 0 heterocycles. The van der Waals surface area contributed by atoms with E-state index in [9.17, 15) is 0 Å². The lowest BCUT2D eigenvalue weighted by atomic mass is 9.87. The fraction of sp³-hybridized carbons (Fsp3) is 0.684. The van der Waals surface area contributed by atoms with Gasteiger partial charge in [0.1, 0.15) is 0 Å². The Kier molecular flexibility index (Phi) is 8.06. The highest BCUT2D eigenvalue weighted by Crippen LogP contribution is 2.49. The molecule has 0 amide bonds. The molecular formula is C19H34. The normalized spacial score (nSPS) is 23.7. The molecule has 1 aromatic rings. The summed E-state index contributed by atoms with van der Waals surface area (Å²) in [5.74, 6) is 2.34. The van der Waals surface area contributed by atoms with Crippen LogP contribution in [0, 0.1) is 19.8 Å². The molecule has 0 nitrogen and oxygen atoms in total. The molecule has 3 atom stereocenters. The first kappa shape index (κ1) is 18.2. The highest BCUT2D eigenvalue weighted by atomic mass is 14.4. The molecular weight excluding hydrogens is 228 g/mol. The number of fused-ring (bicyclic) bond motifs is 1. The minimum absolute atomic E-state index is 0.741. The Hall–Kier alpha value is -0.780. The molecule has 1 aliphatic rings. The van der Waals surface area contributed by atoms with Gasteiger partial charge in [-0.05, 0) is 60.3 Å². The quantitative estimate of drug-likeness (QED) is 0.534. The van der Waals surface area contributed by atoms with Crippen LogP contribution in [-0.4, -0.2) is 0 Å². The number of aryl methyl sites for hydroxylation is 2. The van der Waals surface area contributed by atoms with Crippen LogP contribution in [0.25, 0.3) is 0 Å². The molecule has 110 valence electrons. The van der Waals surface area contributed by atoms with Gasteiger partial charge >= 0.3 is 0 Å². The van der Waals surface area contributed by atoms with E-state index in [-0.39, 0.29) is 0 Å². The molecule has 0 N–H and O–H groups in total. The molecule has 0 heteroatoms. The van der Waals surface area contributed by atoms with Gasteiger partial charge < -0.3 is 0 Å². The second kappa shape index (κ2) is 8.40. The summed E-state index contributed by atoms with van der Waals surface area (Å²) in [6.07, 6.45) is 1.28. The average Bonchev–Trinajstić information content (AvgIpc) is 2.72. The van der Waals surface area contributed by atoms with Gasteiger partial charge in [0.15, 0.2) is 0 Å². The summed E-state index contributed by atoms with van der Waals surface area (Å²) in [5.41, 5.74) is 6.30. The molecule has 2 rings (SSSR count). The summed E-state index contributed by atoms with van der Waals surface area (Å²) in [5, 5.41) is 0. The third-order valence-electron chi connectivity index (χ3n) is 4.41. The Morgan fingerprint density at radius 2 is 1.26 bits per heavy atom. The van der Waals surface area contributed by atoms with Gasteiger partial charge in [-0.2, -0.15) is 0 Å². The summed E-state index contributed by atoms with van der Waals surface area (Å²) >= 11 is 0. The lowest BCUT2D eigenvalue weighted by molar-refractivity contribution is 0.431. The van der Waals surface area contributed by atoms with Crippen molar-refractivity contribution in [3.05, 3.63) is 34.4 Å². The van der Waals surface area contributed by atoms with Gasteiger partial charge in [-0.25, -0.2) is 0 Å². The Morgan fingerprint density at radius 3 is 1.68 bits per heavy atom. The largest absolute Gasteiger partial charge is 0.0683 e. The van der Waals surface area contributed by atoms with Crippen molar-refractivity contribution in [2.45, 2.75) is 80.6 Å². The molecule has 0 saturated heterocycles. The SMILES string of the molecule is CC.CC.CCC1c2c(C)ccc(C)c2C(C)C1C. The van der Waals surface area contributed by atoms with Crippen molar-refractivity contribution in [3.8, 4) is 0 Å². The minimum atomic E-state index is 0.741. The number of rotatable bonds is 1. The molecule has 0 bridgehead atoms. The zero-order valence-corrected chi connectivity index (χ0v) is 14.6. The third kappa shape index (κ3) is 3.41. The van der Waals surface area contributed by atoms with Gasteiger partial charge in [-0.3, -0.25) is 0 Å². The van der Waals surface area contributed by atoms with Crippen LogP contribution in [0.5, 0.6) is 0 Å². The van der Waals surface area contributed by atoms with E-state index in [4.69, 9.17) is 0 Å². The van der Waals surface area contributed by atoms with Gasteiger partial charge in [0.25, 0.3) is 0 Å². The van der Waals surface area contributed by atoms with Gasteiger partial charge in [-0.1, -0.05) is 60.6 Å². The first-order chi connectivity index (χ1) is 9.07. The monoisotopic (exact) mass is 262 g/mol. The molecule has 3 unspecified atom stereocenters. The number of benzene rings is 1. The van der Waals surface area contributed by atoms with E-state index in [1.165, 1.54) is 17.5 Å². The van der Waals surface area contributed by atoms with Crippen LogP contribution in [0.15, 0.2) is 12.1 Å². The van der Waals surface area contributed by atoms with E-state index < -0.39 is 0 Å². The highest BCUT2D eigenvalue weighted by Gasteiger charge is 2.35. The third-order valence-corrected chi connectivity index (χ3v) is 4.41. The predicted octanol–water partition coefficient (Wildman–Crippen LogP) is 6.60. The van der Waals surface area contributed by atoms with E-state index in [0.717, 1.165) is 17.8 Å². The average molecular weight is 262 g/mol. The van der Waals surface area contributed by atoms with Crippen molar-refractivity contribution < 1.29 is 0 Å². The first-order valence-corrected chi connectivity index (χ1v) is 8.17. The number of hydrogen-bond acceptors (Lipinski definition) is 0. The number of hydrogen-bond donors (Lipinski definition) is 0. The van der Waals surface area contributed by atoms with E-state index >= 15 is 0 Å². The van der Waals surface area contributed by atoms with E-state index in [0.29, 0.717) is 0 Å². The lowest BCUT2D eigenvalue weighted by Gasteiger charge is -2.17. The van der Waals surface area contributed by atoms with Crippen LogP contribution in [0.1, 0.15) is 89.0 Å². The fourth-order valence-corrected chi connectivity index (χ4v) is 3.40. The van der Waals surface area contributed by atoms with E-state index in [1.807, 2.05) is 27.7 Å². The topological polar surface area (TPSA) is 0 Å². The molecule has 0 spiro atoms. The first-order valence-electron chi connectivity index (χ1n) is 8.17. The molecule has 0 fully saturated rings. The molecule has 0 radical (unpaired) electrons. The predicted molar refractivity (Wildman–Crippen MR) is 89.2 cm³/mol. The van der Waals surface area contributed by atoms with Crippen molar-refractivity contribution in [1.82, 2.24) is 0 Å². The maximum Gasteiger partial charge on any atom is -0.0128 e. The highest BCUT2D eigenvalue weighted by molar-refractivity contribution is 5.48. The lowest BCUT2D eigenvalue weighted by Crippen LogP contribution is -2.05. The molecule has 19 heavy (non-hydrogen) atoms. The van der Waals surface area contributed by atoms with Crippen molar-refractivity contribution in [2.75, 3.05) is 0 Å². The Labute approximate surface area is 121 Å². The van der Waals surface area contributed by atoms with E-state index in [1.54, 1.807) is 11.1 Å². The summed E-state index contributed by atoms with van der Waals surface area (Å²) < 4.78 is 0. The minimum Gasteiger partial charge on any atom is -0.0683 e. The van der Waals surface area contributed by atoms with Gasteiger partial charge in [0, 0.05) is 0 Å². The van der Waals surface area contributed by atoms with Crippen molar-refractivity contribution in [2.24, 2.45) is 5.92 Å². The smallest absolute Gasteiger partial charge is 0.0128 e. The summed E-state index contributed by atoms with van der Waals surface area (Å²) in [7, 11) is 0. The molecule has 1 aromatic carbocycles. The zero-order chi connectivity index (χ0) is 15.2. The molecule has 0 saturated carbocycles. The summed E-state index contributed by atoms with van der Waals surface area (Å²) in [4.78, 5) is 0. The van der Waals surface area contributed by atoms with Crippen LogP contribution >= 0.6 is 0 Å². The summed E-state index contributed by atoms with van der Waals surface area (Å²) in [6, 6.07) is 4.58. The Balaban J connectivity index is 0.000000741. The zero-order valence-electron chi connectivity index (χ0n) is 14.6. The van der Waals surface area contributed by atoms with Crippen molar-refractivity contribution in [3.63, 3.8) is 0 Å². The van der Waals surface area contributed by atoms with Gasteiger partial charge in [0.05, 0.1) is 0 Å². The second-order valence-electron chi connectivity index (χ2n) is 5.19. The van der Waals surface area contributed by atoms with Crippen LogP contribution < -0.4 is 0 Å². The standard InChI is InChI=1S/C15H22.2C2H6/c1-6-13-11(4)12(5)14-9(2)7-8-10(3)15(13)14;2*1-2/h7-8,11-13H,6H2,1-5H3;2*1-2H3. The second-order valence-corrected chi connectivity index (χ2v) is 5.19. The molecule has 0 aliphatic heterocycles. The van der Waals surface area contributed by atoms with Crippen LogP contribution in [0.4, 0.5) is 0 Å². The Bertz CT molecular complexity index is 376. The van der Waals surface area contributed by atoms with Crippen LogP contribution in [0.3, 0.4) is 0 Å². The van der Waals surface area contributed by atoms with Gasteiger partial charge in [-0.15, -0.1) is 0 Å². The van der Waals surface area contributed by atoms with E-state index in [2.05, 4.69) is 46.8 Å². The summed E-state index contributed by atoms with van der Waals surface area (Å²) in [6.45, 7) is 19.7. The van der Waals surface area contributed by atoms with Crippen LogP contribution in [-0.2, 0) is 0 Å². The maximum atomic E-state index is 2.41. The molecule has 0 aromatic heterocycles. The van der Waals surface area contributed by atoms with Crippen molar-refractivity contribution >= 4 is 0 Å². The Morgan fingerprint density at radius 1 is 0.842 bits per heavy atom. The van der Waals surface area contributed by atoms with Gasteiger partial charge in [0.2, 0.25) is 0 Å². The van der Waals surface area contributed by atoms with Crippen molar-refractivity contribution in [1.29, 1.82) is 0 Å². The maximum absolute atomic E-state index is 2.41. The fourth-order valence-electron chi connectivity index (χ4n) is 3.40. The molecule has 1 aliphatic carbocycles.